The zero-order chi connectivity index (χ0) is 29.5. The van der Waals surface area contributed by atoms with Crippen molar-refractivity contribution >= 4 is 56.5 Å². The van der Waals surface area contributed by atoms with E-state index in [2.05, 4.69) is 34.5 Å². The highest BCUT2D eigenvalue weighted by atomic mass is 32.2. The third kappa shape index (κ3) is 4.96. The van der Waals surface area contributed by atoms with Crippen molar-refractivity contribution in [2.45, 2.75) is 16.1 Å². The SMILES string of the molecule is O=C1C(=O)N(c2nnc(SCc3cccc4ccccc34)s2)C(c2cccc(O)c2)C1=C(O)c1ccc2c(c1)OCCO2. The highest BCUT2D eigenvalue weighted by molar-refractivity contribution is 8.00. The Morgan fingerprint density at radius 2 is 1.72 bits per heavy atom. The van der Waals surface area contributed by atoms with E-state index in [1.807, 2.05) is 18.2 Å². The van der Waals surface area contributed by atoms with Crippen LogP contribution in [0, 0.1) is 0 Å². The molecule has 7 rings (SSSR count). The van der Waals surface area contributed by atoms with Gasteiger partial charge in [0.05, 0.1) is 11.6 Å². The number of carbonyl (C=O) groups is 2. The molecule has 3 heterocycles. The monoisotopic (exact) mass is 609 g/mol. The second-order valence-corrected chi connectivity index (χ2v) is 12.1. The average Bonchev–Trinajstić information content (AvgIpc) is 3.61. The first-order valence-electron chi connectivity index (χ1n) is 13.4. The Kier molecular flexibility index (Phi) is 6.96. The normalized spacial score (nSPS) is 17.5. The molecule has 1 saturated heterocycles. The van der Waals surface area contributed by atoms with Crippen molar-refractivity contribution in [3.63, 3.8) is 0 Å². The molecule has 1 aromatic heterocycles. The van der Waals surface area contributed by atoms with Crippen molar-refractivity contribution < 1.29 is 29.3 Å². The molecule has 0 spiro atoms. The van der Waals surface area contributed by atoms with Gasteiger partial charge in [0.15, 0.2) is 15.8 Å². The minimum absolute atomic E-state index is 0.0500. The molecule has 43 heavy (non-hydrogen) atoms. The van der Waals surface area contributed by atoms with Crippen molar-refractivity contribution in [2.24, 2.45) is 0 Å². The highest BCUT2D eigenvalue weighted by Crippen LogP contribution is 2.45. The van der Waals surface area contributed by atoms with E-state index in [0.717, 1.165) is 16.3 Å². The number of Topliss-reactive ketones (excluding diaryl/α,β-unsaturated/α-hetero) is 1. The molecule has 0 radical (unpaired) electrons. The van der Waals surface area contributed by atoms with Crippen molar-refractivity contribution in [1.82, 2.24) is 10.2 Å². The second kappa shape index (κ2) is 11.1. The quantitative estimate of drug-likeness (QED) is 0.0775. The molecule has 4 aromatic carbocycles. The lowest BCUT2D eigenvalue weighted by Crippen LogP contribution is -2.29. The van der Waals surface area contributed by atoms with Crippen LogP contribution < -0.4 is 14.4 Å². The number of carbonyl (C=O) groups excluding carboxylic acids is 2. The van der Waals surface area contributed by atoms with E-state index >= 15 is 0 Å². The zero-order valence-corrected chi connectivity index (χ0v) is 24.1. The molecule has 0 saturated carbocycles. The molecule has 1 amide bonds. The number of aliphatic hydroxyl groups is 1. The Labute approximate surface area is 254 Å². The number of fused-ring (bicyclic) bond motifs is 2. The smallest absolute Gasteiger partial charge is 0.301 e. The lowest BCUT2D eigenvalue weighted by atomic mass is 9.95. The first kappa shape index (κ1) is 27.0. The lowest BCUT2D eigenvalue weighted by Gasteiger charge is -2.23. The fourth-order valence-electron chi connectivity index (χ4n) is 5.30. The minimum atomic E-state index is -1.05. The van der Waals surface area contributed by atoms with E-state index in [4.69, 9.17) is 9.47 Å². The van der Waals surface area contributed by atoms with E-state index in [1.165, 1.54) is 40.1 Å². The predicted molar refractivity (Wildman–Crippen MR) is 164 cm³/mol. The third-order valence-corrected chi connectivity index (χ3v) is 9.38. The number of rotatable bonds is 6. The fourth-order valence-corrected chi connectivity index (χ4v) is 7.17. The summed E-state index contributed by atoms with van der Waals surface area (Å²) in [4.78, 5) is 28.3. The summed E-state index contributed by atoms with van der Waals surface area (Å²) in [7, 11) is 0. The average molecular weight is 610 g/mol. The number of aromatic nitrogens is 2. The molecule has 2 aliphatic rings. The van der Waals surface area contributed by atoms with Crippen LogP contribution in [0.4, 0.5) is 5.13 Å². The number of aromatic hydroxyl groups is 1. The molecule has 214 valence electrons. The van der Waals surface area contributed by atoms with Gasteiger partial charge in [-0.1, -0.05) is 77.7 Å². The largest absolute Gasteiger partial charge is 0.508 e. The van der Waals surface area contributed by atoms with Crippen LogP contribution in [-0.2, 0) is 15.3 Å². The summed E-state index contributed by atoms with van der Waals surface area (Å²) in [5, 5.41) is 32.8. The number of ether oxygens (including phenoxy) is 2. The fraction of sp³-hybridized carbons (Fsp3) is 0.125. The van der Waals surface area contributed by atoms with E-state index < -0.39 is 17.7 Å². The topological polar surface area (TPSA) is 122 Å². The standard InChI is InChI=1S/C32H23N3O6S2/c36-22-9-4-7-19(15-22)27-26(28(37)20-11-12-24-25(16-20)41-14-13-40-24)29(38)30(39)35(27)31-33-34-32(43-31)42-17-21-8-3-6-18-5-1-2-10-23(18)21/h1-12,15-16,27,36-37H,13-14,17H2. The van der Waals surface area contributed by atoms with Crippen LogP contribution in [0.2, 0.25) is 0 Å². The van der Waals surface area contributed by atoms with Crippen LogP contribution in [0.25, 0.3) is 16.5 Å². The molecule has 2 N–H and O–H groups in total. The zero-order valence-electron chi connectivity index (χ0n) is 22.5. The Hall–Kier alpha value is -4.87. The van der Waals surface area contributed by atoms with Crippen LogP contribution in [0.5, 0.6) is 17.2 Å². The van der Waals surface area contributed by atoms with E-state index in [9.17, 15) is 19.8 Å². The Morgan fingerprint density at radius 1 is 0.930 bits per heavy atom. The Bertz CT molecular complexity index is 1930. The molecule has 2 aliphatic heterocycles. The minimum Gasteiger partial charge on any atom is -0.508 e. The van der Waals surface area contributed by atoms with Gasteiger partial charge in [-0.25, -0.2) is 0 Å². The van der Waals surface area contributed by atoms with Crippen molar-refractivity contribution in [2.75, 3.05) is 18.1 Å². The summed E-state index contributed by atoms with van der Waals surface area (Å²) in [6, 6.07) is 24.3. The molecule has 9 nitrogen and oxygen atoms in total. The summed E-state index contributed by atoms with van der Waals surface area (Å²) < 4.78 is 11.8. The first-order chi connectivity index (χ1) is 21.0. The maximum Gasteiger partial charge on any atom is 0.301 e. The van der Waals surface area contributed by atoms with Gasteiger partial charge in [0.2, 0.25) is 5.13 Å². The molecular weight excluding hydrogens is 587 g/mol. The molecule has 1 fully saturated rings. The maximum atomic E-state index is 13.5. The van der Waals surface area contributed by atoms with Crippen LogP contribution in [-0.4, -0.2) is 45.3 Å². The number of phenols is 1. The second-order valence-electron chi connectivity index (χ2n) is 9.90. The third-order valence-electron chi connectivity index (χ3n) is 7.28. The number of anilines is 1. The van der Waals surface area contributed by atoms with Crippen LogP contribution in [0.3, 0.4) is 0 Å². The molecule has 1 unspecified atom stereocenters. The van der Waals surface area contributed by atoms with Gasteiger partial charge in [-0.05, 0) is 52.2 Å². The number of amides is 1. The van der Waals surface area contributed by atoms with E-state index in [0.29, 0.717) is 40.4 Å². The van der Waals surface area contributed by atoms with Crippen LogP contribution in [0.15, 0.2) is 94.8 Å². The first-order valence-corrected chi connectivity index (χ1v) is 15.2. The maximum absolute atomic E-state index is 13.5. The van der Waals surface area contributed by atoms with Crippen molar-refractivity contribution in [3.05, 3.63) is 107 Å². The summed E-state index contributed by atoms with van der Waals surface area (Å²) in [6.45, 7) is 0.758. The summed E-state index contributed by atoms with van der Waals surface area (Å²) in [6.07, 6.45) is 0. The Morgan fingerprint density at radius 3 is 2.58 bits per heavy atom. The van der Waals surface area contributed by atoms with Gasteiger partial charge in [-0.15, -0.1) is 10.2 Å². The molecule has 11 heteroatoms. The van der Waals surface area contributed by atoms with Crippen molar-refractivity contribution in [1.29, 1.82) is 0 Å². The number of thioether (sulfide) groups is 1. The highest BCUT2D eigenvalue weighted by Gasteiger charge is 2.48. The number of benzene rings is 4. The Balaban J connectivity index is 1.25. The number of aliphatic hydroxyl groups excluding tert-OH is 1. The number of hydrogen-bond acceptors (Lipinski definition) is 10. The number of hydrogen-bond donors (Lipinski definition) is 2. The number of ketones is 1. The van der Waals surface area contributed by atoms with Crippen LogP contribution >= 0.6 is 23.1 Å². The van der Waals surface area contributed by atoms with Gasteiger partial charge < -0.3 is 19.7 Å². The van der Waals surface area contributed by atoms with E-state index in [1.54, 1.807) is 30.3 Å². The van der Waals surface area contributed by atoms with Crippen molar-refractivity contribution in [3.8, 4) is 17.2 Å². The van der Waals surface area contributed by atoms with Crippen LogP contribution in [0.1, 0.15) is 22.7 Å². The van der Waals surface area contributed by atoms with Gasteiger partial charge in [0.25, 0.3) is 5.78 Å². The molecular formula is C32H23N3O6S2. The molecule has 1 atom stereocenters. The lowest BCUT2D eigenvalue weighted by molar-refractivity contribution is -0.132. The summed E-state index contributed by atoms with van der Waals surface area (Å²) in [5.41, 5.74) is 1.72. The predicted octanol–water partition coefficient (Wildman–Crippen LogP) is 6.09. The van der Waals surface area contributed by atoms with E-state index in [-0.39, 0.29) is 27.8 Å². The van der Waals surface area contributed by atoms with Gasteiger partial charge in [0, 0.05) is 11.3 Å². The van der Waals surface area contributed by atoms with Gasteiger partial charge >= 0.3 is 5.91 Å². The molecule has 5 aromatic rings. The summed E-state index contributed by atoms with van der Waals surface area (Å²) in [5.74, 6) is -0.567. The number of phenolic OH excluding ortho intramolecular Hbond substituents is 1. The molecule has 0 bridgehead atoms. The molecule has 0 aliphatic carbocycles. The van der Waals surface area contributed by atoms with Gasteiger partial charge in [0.1, 0.15) is 24.7 Å². The summed E-state index contributed by atoms with van der Waals surface area (Å²) >= 11 is 2.66. The number of nitrogens with zero attached hydrogens (tertiary/aromatic N) is 3. The van der Waals surface area contributed by atoms with Gasteiger partial charge in [-0.3, -0.25) is 14.5 Å². The van der Waals surface area contributed by atoms with Gasteiger partial charge in [-0.2, -0.15) is 0 Å².